The largest absolute Gasteiger partial charge is 0.393 e. The van der Waals surface area contributed by atoms with Crippen LogP contribution >= 0.6 is 0 Å². The quantitative estimate of drug-likeness (QED) is 0.390. The number of aliphatic hydroxyl groups is 1. The number of aryl methyl sites for hydroxylation is 2. The van der Waals surface area contributed by atoms with Gasteiger partial charge in [-0.15, -0.1) is 0 Å². The number of nitrogens with zero attached hydrogens (tertiary/aromatic N) is 5. The lowest BCUT2D eigenvalue weighted by molar-refractivity contribution is 0.0797. The van der Waals surface area contributed by atoms with E-state index in [1.807, 2.05) is 0 Å². The van der Waals surface area contributed by atoms with Gasteiger partial charge in [0.15, 0.2) is 0 Å². The molecule has 0 amide bonds. The zero-order valence-electron chi connectivity index (χ0n) is 27.0. The van der Waals surface area contributed by atoms with Crippen LogP contribution in [0.2, 0.25) is 0 Å². The van der Waals surface area contributed by atoms with Gasteiger partial charge in [-0.2, -0.15) is 0 Å². The molecular formula is C37H52N6O. The average molecular weight is 597 g/mol. The molecule has 3 aromatic rings. The summed E-state index contributed by atoms with van der Waals surface area (Å²) in [6, 6.07) is 16.3. The Morgan fingerprint density at radius 1 is 0.818 bits per heavy atom. The first-order chi connectivity index (χ1) is 21.5. The second-order valence-electron chi connectivity index (χ2n) is 13.7. The van der Waals surface area contributed by atoms with Crippen molar-refractivity contribution < 1.29 is 5.11 Å². The molecule has 7 heteroatoms. The third-order valence-electron chi connectivity index (χ3n) is 10.7. The van der Waals surface area contributed by atoms with Gasteiger partial charge >= 0.3 is 0 Å². The number of benzene rings is 2. The molecule has 0 unspecified atom stereocenters. The summed E-state index contributed by atoms with van der Waals surface area (Å²) in [5, 5.41) is 18.1. The van der Waals surface area contributed by atoms with Crippen LogP contribution < -0.4 is 15.8 Å². The van der Waals surface area contributed by atoms with E-state index in [0.29, 0.717) is 0 Å². The molecule has 4 heterocycles. The summed E-state index contributed by atoms with van der Waals surface area (Å²) < 4.78 is 2.65. The molecule has 1 aromatic heterocycles. The monoisotopic (exact) mass is 596 g/mol. The van der Waals surface area contributed by atoms with E-state index < -0.39 is 0 Å². The van der Waals surface area contributed by atoms with Crippen molar-refractivity contribution in [1.82, 2.24) is 24.2 Å². The van der Waals surface area contributed by atoms with Crippen molar-refractivity contribution in [3.8, 4) is 0 Å². The van der Waals surface area contributed by atoms with Gasteiger partial charge in [0.25, 0.3) is 0 Å². The molecule has 0 saturated carbocycles. The maximum atomic E-state index is 10.1. The van der Waals surface area contributed by atoms with E-state index in [1.54, 1.807) is 0 Å². The van der Waals surface area contributed by atoms with Gasteiger partial charge in [0.05, 0.1) is 17.5 Å². The van der Waals surface area contributed by atoms with Gasteiger partial charge < -0.3 is 34.6 Å². The number of aromatic nitrogens is 1. The number of likely N-dealkylation sites (tertiary alicyclic amines) is 1. The fourth-order valence-corrected chi connectivity index (χ4v) is 8.01. The lowest BCUT2D eigenvalue weighted by Gasteiger charge is -2.33. The molecule has 44 heavy (non-hydrogen) atoms. The Labute approximate surface area is 263 Å². The van der Waals surface area contributed by atoms with Gasteiger partial charge in [0.2, 0.25) is 0 Å². The number of para-hydroxylation sites is 1. The van der Waals surface area contributed by atoms with Crippen LogP contribution in [0, 0.1) is 0 Å². The van der Waals surface area contributed by atoms with Gasteiger partial charge in [-0.3, -0.25) is 0 Å². The standard InChI is InChI=1S/C37H52N6O/c1-28-9-11-32-31-7-3-4-8-35(31)43-18-6-17-42(26-25-41-19-13-30(44)14-20-41)36(37(32)43)33-12-10-29(27-34(28)33)38-15-5-16-40-23-21-39(2)22-24-40/h3-4,7-8,10,12,27,30,38,44H,5-6,9,11,13-26H2,1-2H3/b34-28+,36-33+. The molecular weight excluding hydrogens is 544 g/mol. The minimum atomic E-state index is -0.123. The van der Waals surface area contributed by atoms with Crippen LogP contribution in [0.25, 0.3) is 22.2 Å². The third-order valence-corrected chi connectivity index (χ3v) is 10.7. The van der Waals surface area contributed by atoms with Crippen LogP contribution in [-0.2, 0) is 13.0 Å². The van der Waals surface area contributed by atoms with Gasteiger partial charge in [0, 0.05) is 93.8 Å². The number of hydrogen-bond acceptors (Lipinski definition) is 6. The number of anilines is 1. The maximum Gasteiger partial charge on any atom is 0.0694 e. The molecule has 4 aliphatic rings. The van der Waals surface area contributed by atoms with Crippen molar-refractivity contribution in [3.05, 3.63) is 64.2 Å². The number of likely N-dealkylation sites (N-methyl/N-ethyl adjacent to an activating group) is 1. The smallest absolute Gasteiger partial charge is 0.0694 e. The highest BCUT2D eigenvalue weighted by Crippen LogP contribution is 2.36. The predicted octanol–water partition coefficient (Wildman–Crippen LogP) is 3.13. The van der Waals surface area contributed by atoms with Crippen molar-refractivity contribution in [3.63, 3.8) is 0 Å². The van der Waals surface area contributed by atoms with Crippen LogP contribution in [0.15, 0.2) is 42.5 Å². The second-order valence-corrected chi connectivity index (χ2v) is 13.7. The minimum Gasteiger partial charge on any atom is -0.393 e. The number of aliphatic hydroxyl groups excluding tert-OH is 1. The maximum absolute atomic E-state index is 10.1. The van der Waals surface area contributed by atoms with Gasteiger partial charge in [-0.25, -0.2) is 0 Å². The molecule has 3 aliphatic heterocycles. The molecule has 0 radical (unpaired) electrons. The van der Waals surface area contributed by atoms with Gasteiger partial charge in [0.1, 0.15) is 0 Å². The molecule has 0 spiro atoms. The molecule has 0 atom stereocenters. The third kappa shape index (κ3) is 6.17. The van der Waals surface area contributed by atoms with E-state index in [4.69, 9.17) is 0 Å². The lowest BCUT2D eigenvalue weighted by Crippen LogP contribution is -2.44. The molecule has 2 fully saturated rings. The zero-order chi connectivity index (χ0) is 30.0. The van der Waals surface area contributed by atoms with Crippen molar-refractivity contribution >= 4 is 27.9 Å². The molecule has 1 aliphatic carbocycles. The van der Waals surface area contributed by atoms with Crippen LogP contribution in [0.3, 0.4) is 0 Å². The first-order valence-corrected chi connectivity index (χ1v) is 17.3. The second kappa shape index (κ2) is 13.3. The number of nitrogens with one attached hydrogen (secondary N) is 1. The Hall–Kier alpha value is -2.84. The Morgan fingerprint density at radius 2 is 1.61 bits per heavy atom. The van der Waals surface area contributed by atoms with Crippen LogP contribution in [-0.4, -0.2) is 114 Å². The molecule has 236 valence electrons. The molecule has 2 aromatic carbocycles. The van der Waals surface area contributed by atoms with E-state index >= 15 is 0 Å². The minimum absolute atomic E-state index is 0.123. The Bertz CT molecular complexity index is 1580. The highest BCUT2D eigenvalue weighted by molar-refractivity contribution is 5.90. The van der Waals surface area contributed by atoms with E-state index in [0.717, 1.165) is 77.9 Å². The van der Waals surface area contributed by atoms with E-state index in [1.165, 1.54) is 88.7 Å². The zero-order valence-corrected chi connectivity index (χ0v) is 27.0. The summed E-state index contributed by atoms with van der Waals surface area (Å²) in [5.41, 5.74) is 8.54. The van der Waals surface area contributed by atoms with Crippen LogP contribution in [0.5, 0.6) is 0 Å². The fourth-order valence-electron chi connectivity index (χ4n) is 8.01. The normalized spacial score (nSPS) is 23.2. The SMILES string of the molecule is C/C1=c2/cc(NCCCN3CCN(C)CC3)cc/c2=C2/c3c(c4ccccc4n3CCCN2CCN2CCC(O)CC2)CC1. The first kappa shape index (κ1) is 29.8. The highest BCUT2D eigenvalue weighted by Gasteiger charge is 2.28. The molecule has 0 bridgehead atoms. The topological polar surface area (TPSA) is 50.2 Å². The van der Waals surface area contributed by atoms with Gasteiger partial charge in [-0.05, 0) is 88.0 Å². The van der Waals surface area contributed by atoms with E-state index in [2.05, 4.69) is 85.9 Å². The summed E-state index contributed by atoms with van der Waals surface area (Å²) in [7, 11) is 2.23. The molecule has 7 rings (SSSR count). The van der Waals surface area contributed by atoms with Crippen LogP contribution in [0.4, 0.5) is 5.69 Å². The number of rotatable bonds is 8. The number of hydrogen-bond donors (Lipinski definition) is 2. The summed E-state index contributed by atoms with van der Waals surface area (Å²) in [6.07, 6.45) is 6.17. The first-order valence-electron chi connectivity index (χ1n) is 17.3. The summed E-state index contributed by atoms with van der Waals surface area (Å²) in [4.78, 5) is 10.3. The van der Waals surface area contributed by atoms with E-state index in [-0.39, 0.29) is 6.10 Å². The Morgan fingerprint density at radius 3 is 2.45 bits per heavy atom. The van der Waals surface area contributed by atoms with Crippen molar-refractivity contribution in [2.24, 2.45) is 0 Å². The van der Waals surface area contributed by atoms with E-state index in [9.17, 15) is 5.11 Å². The Kier molecular flexibility index (Phi) is 8.99. The summed E-state index contributed by atoms with van der Waals surface area (Å²) >= 11 is 0. The lowest BCUT2D eigenvalue weighted by atomic mass is 9.94. The van der Waals surface area contributed by atoms with Crippen molar-refractivity contribution in [2.75, 3.05) is 84.4 Å². The fraction of sp³-hybridized carbons (Fsp3) is 0.568. The molecule has 7 nitrogen and oxygen atoms in total. The molecule has 2 saturated heterocycles. The predicted molar refractivity (Wildman–Crippen MR) is 182 cm³/mol. The Balaban J connectivity index is 1.23. The molecule has 2 N–H and O–H groups in total. The number of fused-ring (bicyclic) bond motifs is 4. The van der Waals surface area contributed by atoms with Crippen LogP contribution in [0.1, 0.15) is 50.3 Å². The summed E-state index contributed by atoms with van der Waals surface area (Å²) in [5.74, 6) is 0. The number of piperazine rings is 1. The highest BCUT2D eigenvalue weighted by atomic mass is 16.3. The van der Waals surface area contributed by atoms with Crippen molar-refractivity contribution in [1.29, 1.82) is 0 Å². The summed E-state index contributed by atoms with van der Waals surface area (Å²) in [6.45, 7) is 15.5. The van der Waals surface area contributed by atoms with Crippen molar-refractivity contribution in [2.45, 2.75) is 58.1 Å². The average Bonchev–Trinajstić information content (AvgIpc) is 3.21. The number of piperidine rings is 1. The van der Waals surface area contributed by atoms with Gasteiger partial charge in [-0.1, -0.05) is 29.8 Å².